The summed E-state index contributed by atoms with van der Waals surface area (Å²) in [6, 6.07) is 0. The van der Waals surface area contributed by atoms with Gasteiger partial charge in [0.15, 0.2) is 0 Å². The molecule has 0 spiro atoms. The molecule has 3 nitrogen and oxygen atoms in total. The van der Waals surface area contributed by atoms with Gasteiger partial charge < -0.3 is 4.74 Å². The molecule has 0 N–H and O–H groups in total. The standard InChI is InChI=1S/C11H10O3/c12-10-8-4-1-2-5(7-3-6(4)7)9(8)11(13)14-10/h1-2,4-9H,3H2/t4?,5?,6-,7+,8+,9-. The predicted octanol–water partition coefficient (Wildman–Crippen LogP) is 0.754. The van der Waals surface area contributed by atoms with Gasteiger partial charge in [-0.15, -0.1) is 0 Å². The first kappa shape index (κ1) is 7.21. The van der Waals surface area contributed by atoms with Crippen molar-refractivity contribution in [3.63, 3.8) is 0 Å². The molecule has 6 atom stereocenters. The Balaban J connectivity index is 1.88. The average Bonchev–Trinajstić information content (AvgIpc) is 2.92. The normalized spacial score (nSPS) is 56.9. The quantitative estimate of drug-likeness (QED) is 0.321. The predicted molar refractivity (Wildman–Crippen MR) is 45.8 cm³/mol. The number of allylic oxidation sites excluding steroid dienone is 2. The summed E-state index contributed by atoms with van der Waals surface area (Å²) in [5.74, 6) is 1.12. The van der Waals surface area contributed by atoms with Gasteiger partial charge in [0.2, 0.25) is 0 Å². The summed E-state index contributed by atoms with van der Waals surface area (Å²) in [6.45, 7) is 0. The van der Waals surface area contributed by atoms with E-state index >= 15 is 0 Å². The maximum Gasteiger partial charge on any atom is 0.318 e. The first-order valence-electron chi connectivity index (χ1n) is 5.21. The molecule has 0 radical (unpaired) electrons. The molecule has 0 aromatic rings. The first-order chi connectivity index (χ1) is 6.77. The van der Waals surface area contributed by atoms with Gasteiger partial charge in [0.1, 0.15) is 0 Å². The van der Waals surface area contributed by atoms with Crippen LogP contribution in [0.25, 0.3) is 0 Å². The van der Waals surface area contributed by atoms with Gasteiger partial charge in [0.05, 0.1) is 11.8 Å². The monoisotopic (exact) mass is 190 g/mol. The molecule has 0 aromatic carbocycles. The smallest absolute Gasteiger partial charge is 0.318 e. The van der Waals surface area contributed by atoms with E-state index < -0.39 is 0 Å². The third-order valence-corrected chi connectivity index (χ3v) is 4.40. The van der Waals surface area contributed by atoms with E-state index in [2.05, 4.69) is 12.2 Å². The molecule has 1 saturated heterocycles. The summed E-state index contributed by atoms with van der Waals surface area (Å²) < 4.78 is 4.74. The van der Waals surface area contributed by atoms with Crippen molar-refractivity contribution < 1.29 is 14.3 Å². The van der Waals surface area contributed by atoms with E-state index in [-0.39, 0.29) is 23.8 Å². The maximum absolute atomic E-state index is 11.5. The minimum Gasteiger partial charge on any atom is -0.393 e. The lowest BCUT2D eigenvalue weighted by Gasteiger charge is -2.36. The first-order valence-corrected chi connectivity index (χ1v) is 5.21. The fourth-order valence-electron chi connectivity index (χ4n) is 3.76. The van der Waals surface area contributed by atoms with E-state index in [0.717, 1.165) is 0 Å². The van der Waals surface area contributed by atoms with Crippen LogP contribution in [0.5, 0.6) is 0 Å². The van der Waals surface area contributed by atoms with E-state index in [1.807, 2.05) is 0 Å². The van der Waals surface area contributed by atoms with E-state index in [4.69, 9.17) is 4.74 Å². The summed E-state index contributed by atoms with van der Waals surface area (Å²) >= 11 is 0. The van der Waals surface area contributed by atoms with Crippen LogP contribution in [0.3, 0.4) is 0 Å². The highest BCUT2D eigenvalue weighted by atomic mass is 16.6. The summed E-state index contributed by atoms with van der Waals surface area (Å²) in [5, 5.41) is 0. The highest BCUT2D eigenvalue weighted by Crippen LogP contribution is 2.65. The Morgan fingerprint density at radius 2 is 1.50 bits per heavy atom. The molecule has 3 heteroatoms. The highest BCUT2D eigenvalue weighted by molar-refractivity contribution is 5.97. The van der Waals surface area contributed by atoms with Crippen molar-refractivity contribution in [2.45, 2.75) is 6.42 Å². The Morgan fingerprint density at radius 1 is 1.00 bits per heavy atom. The Labute approximate surface area is 81.1 Å². The SMILES string of the molecule is O=C1OC(=O)[C@H]2C3C=CC([C@@H]12)[C@@H]1C[C@H]31. The zero-order chi connectivity index (χ0) is 9.45. The largest absolute Gasteiger partial charge is 0.393 e. The van der Waals surface area contributed by atoms with Crippen LogP contribution in [0, 0.1) is 35.5 Å². The van der Waals surface area contributed by atoms with Crippen LogP contribution in [0.4, 0.5) is 0 Å². The molecular formula is C11H10O3. The third kappa shape index (κ3) is 0.606. The van der Waals surface area contributed by atoms with Crippen LogP contribution in [0.1, 0.15) is 6.42 Å². The van der Waals surface area contributed by atoms with Gasteiger partial charge in [0, 0.05) is 0 Å². The van der Waals surface area contributed by atoms with Crippen molar-refractivity contribution in [1.29, 1.82) is 0 Å². The Bertz CT molecular complexity index is 350. The molecule has 3 fully saturated rings. The molecule has 5 aliphatic rings. The van der Waals surface area contributed by atoms with Gasteiger partial charge in [0.25, 0.3) is 0 Å². The average molecular weight is 190 g/mol. The lowest BCUT2D eigenvalue weighted by molar-refractivity contribution is -0.154. The number of carbonyl (C=O) groups excluding carboxylic acids is 2. The molecule has 1 aliphatic heterocycles. The number of ether oxygens (including phenoxy) is 1. The van der Waals surface area contributed by atoms with Gasteiger partial charge in [-0.05, 0) is 30.1 Å². The number of carbonyl (C=O) groups is 2. The summed E-state index contributed by atoms with van der Waals surface area (Å²) in [5.41, 5.74) is 0. The van der Waals surface area contributed by atoms with Gasteiger partial charge >= 0.3 is 11.9 Å². The van der Waals surface area contributed by atoms with Crippen LogP contribution >= 0.6 is 0 Å². The van der Waals surface area contributed by atoms with Crippen LogP contribution in [0.15, 0.2) is 12.2 Å². The van der Waals surface area contributed by atoms with E-state index in [0.29, 0.717) is 23.7 Å². The topological polar surface area (TPSA) is 43.4 Å². The van der Waals surface area contributed by atoms with Crippen LogP contribution in [0.2, 0.25) is 0 Å². The van der Waals surface area contributed by atoms with E-state index in [1.165, 1.54) is 6.42 Å². The zero-order valence-corrected chi connectivity index (χ0v) is 7.55. The number of hydrogen-bond acceptors (Lipinski definition) is 3. The Kier molecular flexibility index (Phi) is 1.00. The number of cyclic esters (lactones) is 2. The summed E-state index contributed by atoms with van der Waals surface area (Å²) in [7, 11) is 0. The molecule has 72 valence electrons. The molecule has 2 bridgehead atoms. The number of rotatable bonds is 0. The highest BCUT2D eigenvalue weighted by Gasteiger charge is 2.66. The van der Waals surface area contributed by atoms with Gasteiger partial charge in [-0.25, -0.2) is 0 Å². The van der Waals surface area contributed by atoms with E-state index in [9.17, 15) is 9.59 Å². The minimum absolute atomic E-state index is 0.138. The van der Waals surface area contributed by atoms with Crippen molar-refractivity contribution in [1.82, 2.24) is 0 Å². The van der Waals surface area contributed by atoms with Crippen molar-refractivity contribution in [2.75, 3.05) is 0 Å². The van der Waals surface area contributed by atoms with Crippen molar-refractivity contribution in [3.05, 3.63) is 12.2 Å². The lowest BCUT2D eigenvalue weighted by atomic mass is 9.63. The van der Waals surface area contributed by atoms with Gasteiger partial charge in [-0.3, -0.25) is 9.59 Å². The maximum atomic E-state index is 11.5. The minimum atomic E-state index is -0.273. The van der Waals surface area contributed by atoms with Crippen molar-refractivity contribution in [3.8, 4) is 0 Å². The van der Waals surface area contributed by atoms with Gasteiger partial charge in [-0.1, -0.05) is 12.2 Å². The Morgan fingerprint density at radius 3 is 2.00 bits per heavy atom. The van der Waals surface area contributed by atoms with Gasteiger partial charge in [-0.2, -0.15) is 0 Å². The molecule has 4 aliphatic carbocycles. The molecule has 5 rings (SSSR count). The second kappa shape index (κ2) is 1.95. The molecule has 2 saturated carbocycles. The summed E-state index contributed by atoms with van der Waals surface area (Å²) in [6.07, 6.45) is 5.48. The zero-order valence-electron chi connectivity index (χ0n) is 7.55. The lowest BCUT2D eigenvalue weighted by Crippen LogP contribution is -2.40. The van der Waals surface area contributed by atoms with Crippen LogP contribution in [-0.2, 0) is 14.3 Å². The molecule has 2 unspecified atom stereocenters. The second-order valence-electron chi connectivity index (χ2n) is 4.89. The number of esters is 2. The third-order valence-electron chi connectivity index (χ3n) is 4.40. The van der Waals surface area contributed by atoms with Crippen LogP contribution < -0.4 is 0 Å². The molecular weight excluding hydrogens is 180 g/mol. The molecule has 1 heterocycles. The van der Waals surface area contributed by atoms with Crippen molar-refractivity contribution in [2.24, 2.45) is 35.5 Å². The Hall–Kier alpha value is -1.12. The van der Waals surface area contributed by atoms with Crippen LogP contribution in [-0.4, -0.2) is 11.9 Å². The number of hydrogen-bond donors (Lipinski definition) is 0. The molecule has 14 heavy (non-hydrogen) atoms. The fourth-order valence-corrected chi connectivity index (χ4v) is 3.76. The summed E-state index contributed by atoms with van der Waals surface area (Å²) in [4.78, 5) is 23.0. The van der Waals surface area contributed by atoms with Crippen molar-refractivity contribution >= 4 is 11.9 Å². The second-order valence-corrected chi connectivity index (χ2v) is 4.89. The fraction of sp³-hybridized carbons (Fsp3) is 0.636. The molecule has 0 amide bonds. The molecule has 0 aromatic heterocycles. The van der Waals surface area contributed by atoms with E-state index in [1.54, 1.807) is 0 Å².